The summed E-state index contributed by atoms with van der Waals surface area (Å²) >= 11 is 0. The molecule has 33 heavy (non-hydrogen) atoms. The number of fused-ring (bicyclic) bond motifs is 1. The van der Waals surface area contributed by atoms with Crippen molar-refractivity contribution >= 4 is 26.8 Å². The SMILES string of the molecule is CCn1cc(C(=O)NCCc2ccc(C)cc2)c(=O)c2cc(S(=O)(=O)N3CCCC3)ccc21. The molecule has 0 radical (unpaired) electrons. The van der Waals surface area contributed by atoms with Crippen LogP contribution in [-0.4, -0.2) is 42.8 Å². The van der Waals surface area contributed by atoms with Crippen LogP contribution in [0.5, 0.6) is 0 Å². The summed E-state index contributed by atoms with van der Waals surface area (Å²) in [5.41, 5.74) is 2.44. The Morgan fingerprint density at radius 1 is 1.06 bits per heavy atom. The lowest BCUT2D eigenvalue weighted by atomic mass is 10.1. The first-order valence-electron chi connectivity index (χ1n) is 11.3. The van der Waals surface area contributed by atoms with E-state index in [4.69, 9.17) is 0 Å². The second kappa shape index (κ2) is 9.49. The zero-order valence-corrected chi connectivity index (χ0v) is 19.8. The number of nitrogens with zero attached hydrogens (tertiary/aromatic N) is 2. The smallest absolute Gasteiger partial charge is 0.256 e. The van der Waals surface area contributed by atoms with Crippen LogP contribution in [0.25, 0.3) is 10.9 Å². The molecule has 1 saturated heterocycles. The van der Waals surface area contributed by atoms with E-state index in [-0.39, 0.29) is 15.8 Å². The summed E-state index contributed by atoms with van der Waals surface area (Å²) in [6.45, 7) is 5.85. The van der Waals surface area contributed by atoms with Gasteiger partial charge >= 0.3 is 0 Å². The zero-order chi connectivity index (χ0) is 23.6. The van der Waals surface area contributed by atoms with Crippen molar-refractivity contribution in [2.75, 3.05) is 19.6 Å². The lowest BCUT2D eigenvalue weighted by Gasteiger charge is -2.17. The average Bonchev–Trinajstić information content (AvgIpc) is 3.36. The van der Waals surface area contributed by atoms with Gasteiger partial charge in [0.15, 0.2) is 0 Å². The van der Waals surface area contributed by atoms with Crippen molar-refractivity contribution in [3.8, 4) is 0 Å². The van der Waals surface area contributed by atoms with Crippen molar-refractivity contribution in [2.24, 2.45) is 0 Å². The predicted molar refractivity (Wildman–Crippen MR) is 129 cm³/mol. The number of amides is 1. The Bertz CT molecular complexity index is 1340. The summed E-state index contributed by atoms with van der Waals surface area (Å²) in [6, 6.07) is 12.7. The number of rotatable bonds is 7. The summed E-state index contributed by atoms with van der Waals surface area (Å²) in [7, 11) is -3.66. The summed E-state index contributed by atoms with van der Waals surface area (Å²) < 4.78 is 29.3. The molecule has 4 rings (SSSR count). The van der Waals surface area contributed by atoms with Gasteiger partial charge in [0, 0.05) is 37.8 Å². The lowest BCUT2D eigenvalue weighted by Crippen LogP contribution is -2.31. The maximum absolute atomic E-state index is 13.2. The van der Waals surface area contributed by atoms with Crippen LogP contribution in [0.4, 0.5) is 0 Å². The normalized spacial score (nSPS) is 14.6. The van der Waals surface area contributed by atoms with Crippen LogP contribution in [0.15, 0.2) is 58.4 Å². The van der Waals surface area contributed by atoms with Gasteiger partial charge < -0.3 is 9.88 Å². The first kappa shape index (κ1) is 23.2. The van der Waals surface area contributed by atoms with E-state index in [1.54, 1.807) is 22.9 Å². The highest BCUT2D eigenvalue weighted by molar-refractivity contribution is 7.89. The molecule has 2 heterocycles. The number of aryl methyl sites for hydroxylation is 2. The molecule has 1 aliphatic heterocycles. The first-order chi connectivity index (χ1) is 15.8. The number of hydrogen-bond donors (Lipinski definition) is 1. The third kappa shape index (κ3) is 4.72. The van der Waals surface area contributed by atoms with Gasteiger partial charge in [-0.05, 0) is 56.9 Å². The molecule has 0 atom stereocenters. The second-order valence-electron chi connectivity index (χ2n) is 8.44. The number of nitrogens with one attached hydrogen (secondary N) is 1. The molecule has 1 N–H and O–H groups in total. The summed E-state index contributed by atoms with van der Waals surface area (Å²) in [4.78, 5) is 26.2. The highest BCUT2D eigenvalue weighted by Crippen LogP contribution is 2.24. The molecule has 1 aliphatic rings. The predicted octanol–water partition coefficient (Wildman–Crippen LogP) is 3.09. The Balaban J connectivity index is 1.63. The van der Waals surface area contributed by atoms with Gasteiger partial charge in [-0.25, -0.2) is 8.42 Å². The molecule has 0 spiro atoms. The molecular weight excluding hydrogens is 438 g/mol. The highest BCUT2D eigenvalue weighted by atomic mass is 32.2. The van der Waals surface area contributed by atoms with E-state index in [9.17, 15) is 18.0 Å². The average molecular weight is 468 g/mol. The van der Waals surface area contributed by atoms with Crippen LogP contribution in [0.1, 0.15) is 41.3 Å². The van der Waals surface area contributed by atoms with E-state index in [2.05, 4.69) is 5.32 Å². The molecule has 8 heteroatoms. The van der Waals surface area contributed by atoms with Crippen molar-refractivity contribution < 1.29 is 13.2 Å². The van der Waals surface area contributed by atoms with Crippen molar-refractivity contribution in [3.63, 3.8) is 0 Å². The van der Waals surface area contributed by atoms with Gasteiger partial charge in [-0.2, -0.15) is 4.31 Å². The van der Waals surface area contributed by atoms with Crippen molar-refractivity contribution in [2.45, 2.75) is 44.6 Å². The van der Waals surface area contributed by atoms with Crippen LogP contribution in [0.2, 0.25) is 0 Å². The minimum absolute atomic E-state index is 0.0176. The maximum Gasteiger partial charge on any atom is 0.256 e. The molecule has 7 nitrogen and oxygen atoms in total. The lowest BCUT2D eigenvalue weighted by molar-refractivity contribution is 0.0952. The van der Waals surface area contributed by atoms with Crippen molar-refractivity contribution in [1.82, 2.24) is 14.2 Å². The zero-order valence-electron chi connectivity index (χ0n) is 19.0. The third-order valence-corrected chi connectivity index (χ3v) is 8.05. The second-order valence-corrected chi connectivity index (χ2v) is 10.4. The standard InChI is InChI=1S/C25H29N3O4S/c1-3-27-17-22(25(30)26-13-12-19-8-6-18(2)7-9-19)24(29)21-16-20(10-11-23(21)27)33(31,32)28-14-4-5-15-28/h6-11,16-17H,3-5,12-15H2,1-2H3,(H,26,30). The van der Waals surface area contributed by atoms with Gasteiger partial charge in [-0.15, -0.1) is 0 Å². The van der Waals surface area contributed by atoms with Gasteiger partial charge in [0.2, 0.25) is 15.5 Å². The minimum Gasteiger partial charge on any atom is -0.352 e. The Morgan fingerprint density at radius 3 is 2.42 bits per heavy atom. The maximum atomic E-state index is 13.2. The summed E-state index contributed by atoms with van der Waals surface area (Å²) in [5.74, 6) is -0.455. The monoisotopic (exact) mass is 467 g/mol. The van der Waals surface area contributed by atoms with E-state index in [0.717, 1.165) is 18.4 Å². The van der Waals surface area contributed by atoms with E-state index >= 15 is 0 Å². The molecule has 2 aromatic carbocycles. The molecule has 1 fully saturated rings. The molecule has 0 bridgehead atoms. The summed E-state index contributed by atoms with van der Waals surface area (Å²) in [5, 5.41) is 3.07. The van der Waals surface area contributed by atoms with Gasteiger partial charge in [0.05, 0.1) is 10.4 Å². The Labute approximate surface area is 194 Å². The Kier molecular flexibility index (Phi) is 6.67. The Morgan fingerprint density at radius 2 is 1.76 bits per heavy atom. The fraction of sp³-hybridized carbons (Fsp3) is 0.360. The summed E-state index contributed by atoms with van der Waals surface area (Å²) in [6.07, 6.45) is 3.88. The van der Waals surface area contributed by atoms with E-state index in [0.29, 0.717) is 38.1 Å². The molecule has 174 valence electrons. The largest absolute Gasteiger partial charge is 0.352 e. The van der Waals surface area contributed by atoms with Crippen molar-refractivity contribution in [3.05, 3.63) is 75.6 Å². The molecular formula is C25H29N3O4S. The number of benzene rings is 2. The third-order valence-electron chi connectivity index (χ3n) is 6.16. The first-order valence-corrected chi connectivity index (χ1v) is 12.8. The topological polar surface area (TPSA) is 88.5 Å². The minimum atomic E-state index is -3.66. The van der Waals surface area contributed by atoms with E-state index < -0.39 is 21.4 Å². The van der Waals surface area contributed by atoms with Crippen molar-refractivity contribution in [1.29, 1.82) is 0 Å². The van der Waals surface area contributed by atoms with Gasteiger partial charge in [-0.1, -0.05) is 29.8 Å². The number of aromatic nitrogens is 1. The highest BCUT2D eigenvalue weighted by Gasteiger charge is 2.28. The molecule has 0 unspecified atom stereocenters. The van der Waals surface area contributed by atoms with Crippen LogP contribution in [0, 0.1) is 6.92 Å². The molecule has 3 aromatic rings. The van der Waals surface area contributed by atoms with Gasteiger partial charge in [-0.3, -0.25) is 9.59 Å². The van der Waals surface area contributed by atoms with Gasteiger partial charge in [0.1, 0.15) is 5.56 Å². The Hall–Kier alpha value is -2.97. The molecule has 1 aromatic heterocycles. The number of sulfonamides is 1. The fourth-order valence-electron chi connectivity index (χ4n) is 4.21. The van der Waals surface area contributed by atoms with Gasteiger partial charge in [0.25, 0.3) is 5.91 Å². The number of pyridine rings is 1. The molecule has 0 saturated carbocycles. The number of carbonyl (C=O) groups excluding carboxylic acids is 1. The van der Waals surface area contributed by atoms with Crippen LogP contribution in [0.3, 0.4) is 0 Å². The van der Waals surface area contributed by atoms with E-state index in [1.807, 2.05) is 38.1 Å². The molecule has 0 aliphatic carbocycles. The quantitative estimate of drug-likeness (QED) is 0.578. The molecule has 1 amide bonds. The van der Waals surface area contributed by atoms with Crippen LogP contribution in [-0.2, 0) is 23.0 Å². The van der Waals surface area contributed by atoms with E-state index in [1.165, 1.54) is 15.9 Å². The number of hydrogen-bond acceptors (Lipinski definition) is 4. The van der Waals surface area contributed by atoms with Crippen LogP contribution < -0.4 is 10.7 Å². The van der Waals surface area contributed by atoms with Crippen LogP contribution >= 0.6 is 0 Å². The number of carbonyl (C=O) groups is 1. The fourth-order valence-corrected chi connectivity index (χ4v) is 5.75.